The molecule has 0 saturated carbocycles. The Morgan fingerprint density at radius 2 is 1.73 bits per heavy atom. The molecule has 88 valence electrons. The van der Waals surface area contributed by atoms with Crippen molar-refractivity contribution in [3.8, 4) is 0 Å². The standard InChI is InChI=1S/C9H13NO.2C2H6/c1-8-3-2-4-9(5-8)6-10-7-11;2*1-2/h2-5,10-11H,6-7H2,1H3;2*1-2H3. The summed E-state index contributed by atoms with van der Waals surface area (Å²) in [6.07, 6.45) is 0. The fourth-order valence-electron chi connectivity index (χ4n) is 1.02. The van der Waals surface area contributed by atoms with Crippen LogP contribution in [0.4, 0.5) is 0 Å². The van der Waals surface area contributed by atoms with Crippen molar-refractivity contribution >= 4 is 0 Å². The van der Waals surface area contributed by atoms with Crippen molar-refractivity contribution in [1.82, 2.24) is 5.32 Å². The van der Waals surface area contributed by atoms with Crippen molar-refractivity contribution in [2.75, 3.05) is 6.73 Å². The van der Waals surface area contributed by atoms with Crippen molar-refractivity contribution in [2.24, 2.45) is 0 Å². The van der Waals surface area contributed by atoms with Crippen LogP contribution in [0.15, 0.2) is 24.3 Å². The second-order valence-corrected chi connectivity index (χ2v) is 2.57. The van der Waals surface area contributed by atoms with Crippen LogP contribution in [0.25, 0.3) is 0 Å². The maximum absolute atomic E-state index is 8.49. The van der Waals surface area contributed by atoms with E-state index in [1.165, 1.54) is 11.1 Å². The highest BCUT2D eigenvalue weighted by Crippen LogP contribution is 2.02. The molecule has 15 heavy (non-hydrogen) atoms. The minimum atomic E-state index is 0.0357. The van der Waals surface area contributed by atoms with E-state index in [9.17, 15) is 0 Å². The molecule has 0 atom stereocenters. The summed E-state index contributed by atoms with van der Waals surface area (Å²) in [7, 11) is 0. The zero-order valence-electron chi connectivity index (χ0n) is 10.7. The van der Waals surface area contributed by atoms with Crippen molar-refractivity contribution in [3.05, 3.63) is 35.4 Å². The first-order valence-electron chi connectivity index (χ1n) is 5.70. The Bertz CT molecular complexity index is 224. The Morgan fingerprint density at radius 1 is 1.13 bits per heavy atom. The van der Waals surface area contributed by atoms with Gasteiger partial charge < -0.3 is 5.11 Å². The first kappa shape index (κ1) is 16.6. The lowest BCUT2D eigenvalue weighted by Crippen LogP contribution is -2.13. The van der Waals surface area contributed by atoms with Gasteiger partial charge in [0.05, 0.1) is 6.73 Å². The molecule has 2 N–H and O–H groups in total. The molecule has 1 rings (SSSR count). The number of nitrogens with one attached hydrogen (secondary N) is 1. The SMILES string of the molecule is CC.CC.Cc1cccc(CNCO)c1. The summed E-state index contributed by atoms with van der Waals surface area (Å²) in [5.74, 6) is 0. The van der Waals surface area contributed by atoms with E-state index >= 15 is 0 Å². The van der Waals surface area contributed by atoms with Gasteiger partial charge in [0, 0.05) is 6.54 Å². The molecule has 0 aliphatic carbocycles. The molecule has 0 saturated heterocycles. The van der Waals surface area contributed by atoms with Crippen LogP contribution in [0.1, 0.15) is 38.8 Å². The number of hydrogen-bond acceptors (Lipinski definition) is 2. The monoisotopic (exact) mass is 211 g/mol. The van der Waals surface area contributed by atoms with Crippen LogP contribution >= 0.6 is 0 Å². The summed E-state index contributed by atoms with van der Waals surface area (Å²) in [6.45, 7) is 10.8. The van der Waals surface area contributed by atoms with E-state index in [0.717, 1.165) is 6.54 Å². The molecule has 2 heteroatoms. The van der Waals surface area contributed by atoms with E-state index in [4.69, 9.17) is 5.11 Å². The van der Waals surface area contributed by atoms with Crippen LogP contribution < -0.4 is 5.32 Å². The van der Waals surface area contributed by atoms with Gasteiger partial charge in [0.1, 0.15) is 0 Å². The van der Waals surface area contributed by atoms with E-state index in [2.05, 4.69) is 24.4 Å². The molecule has 0 heterocycles. The van der Waals surface area contributed by atoms with Gasteiger partial charge in [0.15, 0.2) is 0 Å². The van der Waals surface area contributed by atoms with Crippen LogP contribution in [-0.4, -0.2) is 11.8 Å². The van der Waals surface area contributed by atoms with Crippen molar-refractivity contribution < 1.29 is 5.11 Å². The molecule has 0 aromatic heterocycles. The van der Waals surface area contributed by atoms with Crippen LogP contribution in [-0.2, 0) is 6.54 Å². The number of aliphatic hydroxyl groups excluding tert-OH is 1. The van der Waals surface area contributed by atoms with Gasteiger partial charge in [0.25, 0.3) is 0 Å². The number of aliphatic hydroxyl groups is 1. The highest BCUT2D eigenvalue weighted by Gasteiger charge is 1.90. The fourth-order valence-corrected chi connectivity index (χ4v) is 1.02. The molecule has 0 aliphatic heterocycles. The van der Waals surface area contributed by atoms with Gasteiger partial charge in [-0.15, -0.1) is 0 Å². The van der Waals surface area contributed by atoms with Crippen molar-refractivity contribution in [3.63, 3.8) is 0 Å². The number of hydrogen-bond donors (Lipinski definition) is 2. The van der Waals surface area contributed by atoms with Crippen molar-refractivity contribution in [2.45, 2.75) is 41.2 Å². The highest BCUT2D eigenvalue weighted by atomic mass is 16.3. The van der Waals surface area contributed by atoms with Crippen LogP contribution in [0.5, 0.6) is 0 Å². The second-order valence-electron chi connectivity index (χ2n) is 2.57. The molecular formula is C13H25NO. The molecule has 1 aromatic rings. The summed E-state index contributed by atoms with van der Waals surface area (Å²) in [4.78, 5) is 0. The molecule has 0 bridgehead atoms. The molecule has 2 nitrogen and oxygen atoms in total. The zero-order valence-corrected chi connectivity index (χ0v) is 10.7. The predicted octanol–water partition coefficient (Wildman–Crippen LogP) is 3.09. The smallest absolute Gasteiger partial charge is 0.0934 e. The first-order chi connectivity index (χ1) is 7.33. The highest BCUT2D eigenvalue weighted by molar-refractivity contribution is 5.21. The third-order valence-electron chi connectivity index (χ3n) is 1.52. The average Bonchev–Trinajstić information content (AvgIpc) is 2.32. The lowest BCUT2D eigenvalue weighted by atomic mass is 10.1. The van der Waals surface area contributed by atoms with Gasteiger partial charge >= 0.3 is 0 Å². The Balaban J connectivity index is 0. The number of benzene rings is 1. The van der Waals surface area contributed by atoms with Gasteiger partial charge in [-0.2, -0.15) is 0 Å². The first-order valence-corrected chi connectivity index (χ1v) is 5.70. The summed E-state index contributed by atoms with van der Waals surface area (Å²) in [5, 5.41) is 11.3. The third kappa shape index (κ3) is 9.44. The molecule has 0 fully saturated rings. The van der Waals surface area contributed by atoms with Crippen LogP contribution in [0, 0.1) is 6.92 Å². The molecule has 0 unspecified atom stereocenters. The van der Waals surface area contributed by atoms with Crippen molar-refractivity contribution in [1.29, 1.82) is 0 Å². The third-order valence-corrected chi connectivity index (χ3v) is 1.52. The molecular weight excluding hydrogens is 186 g/mol. The summed E-state index contributed by atoms with van der Waals surface area (Å²) >= 11 is 0. The van der Waals surface area contributed by atoms with E-state index in [1.807, 2.05) is 39.8 Å². The molecule has 0 aliphatic rings. The van der Waals surface area contributed by atoms with E-state index in [1.54, 1.807) is 0 Å². The maximum Gasteiger partial charge on any atom is 0.0934 e. The van der Waals surface area contributed by atoms with Gasteiger partial charge in [0.2, 0.25) is 0 Å². The molecule has 0 amide bonds. The van der Waals surface area contributed by atoms with Gasteiger partial charge in [-0.05, 0) is 12.5 Å². The Kier molecular flexibility index (Phi) is 14.5. The lowest BCUT2D eigenvalue weighted by Gasteiger charge is -2.01. The summed E-state index contributed by atoms with van der Waals surface area (Å²) < 4.78 is 0. The van der Waals surface area contributed by atoms with Gasteiger partial charge in [-0.1, -0.05) is 57.5 Å². The van der Waals surface area contributed by atoms with Gasteiger partial charge in [-0.3, -0.25) is 5.32 Å². The maximum atomic E-state index is 8.49. The Hall–Kier alpha value is -0.860. The molecule has 0 spiro atoms. The predicted molar refractivity (Wildman–Crippen MR) is 67.8 cm³/mol. The van der Waals surface area contributed by atoms with E-state index in [-0.39, 0.29) is 6.73 Å². The fraction of sp³-hybridized carbons (Fsp3) is 0.538. The number of aryl methyl sites for hydroxylation is 1. The zero-order chi connectivity index (χ0) is 12.1. The quantitative estimate of drug-likeness (QED) is 0.753. The molecule has 1 aromatic carbocycles. The van der Waals surface area contributed by atoms with Crippen LogP contribution in [0.3, 0.4) is 0 Å². The number of rotatable bonds is 3. The van der Waals surface area contributed by atoms with Crippen LogP contribution in [0.2, 0.25) is 0 Å². The average molecular weight is 211 g/mol. The summed E-state index contributed by atoms with van der Waals surface area (Å²) in [5.41, 5.74) is 2.46. The normalized spacial score (nSPS) is 8.13. The minimum Gasteiger partial charge on any atom is -0.381 e. The Labute approximate surface area is 94.3 Å². The Morgan fingerprint density at radius 3 is 2.20 bits per heavy atom. The summed E-state index contributed by atoms with van der Waals surface area (Å²) in [6, 6.07) is 8.21. The van der Waals surface area contributed by atoms with E-state index < -0.39 is 0 Å². The topological polar surface area (TPSA) is 32.3 Å². The largest absolute Gasteiger partial charge is 0.381 e. The van der Waals surface area contributed by atoms with Gasteiger partial charge in [-0.25, -0.2) is 0 Å². The second kappa shape index (κ2) is 13.1. The van der Waals surface area contributed by atoms with E-state index in [0.29, 0.717) is 0 Å². The minimum absolute atomic E-state index is 0.0357. The lowest BCUT2D eigenvalue weighted by molar-refractivity contribution is 0.259. The molecule has 0 radical (unpaired) electrons.